The highest BCUT2D eigenvalue weighted by Gasteiger charge is 2.59. The molecule has 6 rings (SSSR count). The van der Waals surface area contributed by atoms with E-state index in [4.69, 9.17) is 15.5 Å². The molecule has 4 heterocycles. The molecule has 2 aliphatic rings. The maximum atomic E-state index is 16.1. The molecule has 1 saturated heterocycles. The molecule has 254 valence electrons. The minimum atomic E-state index is -4.67. The van der Waals surface area contributed by atoms with Crippen LogP contribution in [-0.2, 0) is 11.0 Å². The van der Waals surface area contributed by atoms with Crippen molar-refractivity contribution >= 4 is 29.0 Å². The van der Waals surface area contributed by atoms with Crippen LogP contribution in [0.1, 0.15) is 67.2 Å². The number of piperidine rings is 1. The molecule has 1 saturated carbocycles. The largest absolute Gasteiger partial charge is 0.493 e. The third-order valence-corrected chi connectivity index (χ3v) is 8.93. The Morgan fingerprint density at radius 2 is 1.90 bits per heavy atom. The van der Waals surface area contributed by atoms with Gasteiger partial charge in [-0.3, -0.25) is 14.0 Å². The van der Waals surface area contributed by atoms with Gasteiger partial charge in [0.25, 0.3) is 12.3 Å². The molecule has 16 heteroatoms. The van der Waals surface area contributed by atoms with E-state index in [0.29, 0.717) is 24.7 Å². The lowest BCUT2D eigenvalue weighted by molar-refractivity contribution is -0.147. The lowest BCUT2D eigenvalue weighted by atomic mass is 9.91. The predicted molar refractivity (Wildman–Crippen MR) is 162 cm³/mol. The highest BCUT2D eigenvalue weighted by atomic mass is 19.4. The molecule has 0 radical (unpaired) electrons. The Labute approximate surface area is 270 Å². The number of alkyl halides is 5. The minimum Gasteiger partial charge on any atom is -0.493 e. The molecule has 3 aromatic heterocycles. The number of carbonyl (C=O) groups is 2. The fourth-order valence-electron chi connectivity index (χ4n) is 6.17. The van der Waals surface area contributed by atoms with Gasteiger partial charge >= 0.3 is 6.18 Å². The first-order valence-corrected chi connectivity index (χ1v) is 15.3. The standard InChI is InChI=1S/C32H31F6N7O3/c1-3-48-21-13-18(28(46)42-22-14-19(6-9-40-22)32(36,37)38)12-20(33)23(21)24-25-26(39)41-10-11-44(25)27(43-24)17-5-4-16(2)45(15-17)30(47)31(7-8-31)29(34)35/h6,9-14,16-17,29H,3-5,7-8,15H2,1-2H3,(H2,39,41)(H,40,42,46)/t16-,17-/m1/s1. The van der Waals surface area contributed by atoms with Crippen molar-refractivity contribution in [3.8, 4) is 17.0 Å². The Morgan fingerprint density at radius 1 is 1.15 bits per heavy atom. The van der Waals surface area contributed by atoms with Crippen molar-refractivity contribution in [1.29, 1.82) is 0 Å². The molecule has 1 aliphatic heterocycles. The predicted octanol–water partition coefficient (Wildman–Crippen LogP) is 6.32. The van der Waals surface area contributed by atoms with E-state index in [-0.39, 0.29) is 65.9 Å². The summed E-state index contributed by atoms with van der Waals surface area (Å²) in [7, 11) is 0. The summed E-state index contributed by atoms with van der Waals surface area (Å²) in [5.41, 5.74) is 3.43. The number of imidazole rings is 1. The quantitative estimate of drug-likeness (QED) is 0.209. The monoisotopic (exact) mass is 675 g/mol. The number of aromatic nitrogens is 4. The average molecular weight is 676 g/mol. The molecule has 10 nitrogen and oxygen atoms in total. The fourth-order valence-corrected chi connectivity index (χ4v) is 6.17. The minimum absolute atomic E-state index is 0.00252. The molecule has 2 atom stereocenters. The molecule has 2 amide bonds. The number of amides is 2. The fraction of sp³-hybridized carbons (Fsp3) is 0.406. The first-order valence-electron chi connectivity index (χ1n) is 15.3. The summed E-state index contributed by atoms with van der Waals surface area (Å²) >= 11 is 0. The number of nitrogens with zero attached hydrogens (tertiary/aromatic N) is 5. The van der Waals surface area contributed by atoms with Crippen LogP contribution >= 0.6 is 0 Å². The van der Waals surface area contributed by atoms with Crippen LogP contribution in [0.4, 0.5) is 38.0 Å². The Kier molecular flexibility index (Phi) is 8.45. The summed E-state index contributed by atoms with van der Waals surface area (Å²) in [6.45, 7) is 3.60. The van der Waals surface area contributed by atoms with Crippen molar-refractivity contribution in [2.24, 2.45) is 5.41 Å². The number of likely N-dealkylation sites (tertiary alicyclic amines) is 1. The number of ether oxygens (including phenoxy) is 1. The number of hydrogen-bond donors (Lipinski definition) is 2. The van der Waals surface area contributed by atoms with E-state index in [1.165, 1.54) is 17.2 Å². The number of nitrogens with two attached hydrogens (primary N) is 1. The van der Waals surface area contributed by atoms with Crippen LogP contribution in [0, 0.1) is 11.2 Å². The lowest BCUT2D eigenvalue weighted by Gasteiger charge is -2.39. The molecule has 2 fully saturated rings. The van der Waals surface area contributed by atoms with E-state index in [9.17, 15) is 31.5 Å². The Hall–Kier alpha value is -4.89. The van der Waals surface area contributed by atoms with Gasteiger partial charge in [0.2, 0.25) is 5.91 Å². The van der Waals surface area contributed by atoms with Crippen molar-refractivity contribution in [2.75, 3.05) is 24.2 Å². The Bertz CT molecular complexity index is 1890. The van der Waals surface area contributed by atoms with Crippen LogP contribution in [0.5, 0.6) is 5.75 Å². The van der Waals surface area contributed by atoms with Crippen LogP contribution < -0.4 is 15.8 Å². The van der Waals surface area contributed by atoms with Gasteiger partial charge in [0.05, 0.1) is 17.7 Å². The molecule has 0 spiro atoms. The molecular weight excluding hydrogens is 644 g/mol. The van der Waals surface area contributed by atoms with Crippen molar-refractivity contribution in [1.82, 2.24) is 24.3 Å². The van der Waals surface area contributed by atoms with E-state index < -0.39 is 52.9 Å². The van der Waals surface area contributed by atoms with Gasteiger partial charge in [-0.05, 0) is 63.8 Å². The normalized spacial score (nSPS) is 19.1. The van der Waals surface area contributed by atoms with E-state index in [1.807, 2.05) is 6.92 Å². The van der Waals surface area contributed by atoms with Crippen molar-refractivity contribution in [3.05, 3.63) is 65.6 Å². The summed E-state index contributed by atoms with van der Waals surface area (Å²) in [5, 5.41) is 2.25. The molecule has 4 aromatic rings. The first kappa shape index (κ1) is 33.0. The number of pyridine rings is 1. The molecule has 0 unspecified atom stereocenters. The molecule has 1 aromatic carbocycles. The highest BCUT2D eigenvalue weighted by molar-refractivity contribution is 6.05. The van der Waals surface area contributed by atoms with E-state index in [2.05, 4.69) is 15.3 Å². The van der Waals surface area contributed by atoms with Gasteiger partial charge in [0.1, 0.15) is 45.7 Å². The number of benzene rings is 1. The number of anilines is 2. The van der Waals surface area contributed by atoms with Crippen molar-refractivity contribution in [2.45, 2.75) is 64.1 Å². The van der Waals surface area contributed by atoms with Gasteiger partial charge in [0.15, 0.2) is 0 Å². The number of rotatable bonds is 8. The first-order chi connectivity index (χ1) is 22.7. The maximum Gasteiger partial charge on any atom is 0.416 e. The van der Waals surface area contributed by atoms with E-state index >= 15 is 4.39 Å². The summed E-state index contributed by atoms with van der Waals surface area (Å²) in [5.74, 6) is -2.99. The molecule has 0 bridgehead atoms. The summed E-state index contributed by atoms with van der Waals surface area (Å²) in [6, 6.07) is 3.25. The number of hydrogen-bond acceptors (Lipinski definition) is 7. The van der Waals surface area contributed by atoms with Crippen LogP contribution in [0.2, 0.25) is 0 Å². The second kappa shape index (κ2) is 12.3. The second-order valence-electron chi connectivity index (χ2n) is 12.0. The van der Waals surface area contributed by atoms with E-state index in [0.717, 1.165) is 18.3 Å². The Morgan fingerprint density at radius 3 is 2.56 bits per heavy atom. The van der Waals surface area contributed by atoms with Crippen LogP contribution in [0.3, 0.4) is 0 Å². The van der Waals surface area contributed by atoms with Gasteiger partial charge in [-0.1, -0.05) is 0 Å². The van der Waals surface area contributed by atoms with Crippen LogP contribution in [0.15, 0.2) is 42.9 Å². The van der Waals surface area contributed by atoms with Crippen molar-refractivity contribution < 1.29 is 40.7 Å². The van der Waals surface area contributed by atoms with Gasteiger partial charge in [-0.2, -0.15) is 13.2 Å². The zero-order valence-corrected chi connectivity index (χ0v) is 25.8. The van der Waals surface area contributed by atoms with E-state index in [1.54, 1.807) is 17.5 Å². The van der Waals surface area contributed by atoms with Gasteiger partial charge in [-0.25, -0.2) is 28.1 Å². The zero-order valence-electron chi connectivity index (χ0n) is 25.8. The number of halogens is 6. The number of nitrogen functional groups attached to an aromatic ring is 1. The molecule has 3 N–H and O–H groups in total. The lowest BCUT2D eigenvalue weighted by Crippen LogP contribution is -2.49. The molecule has 48 heavy (non-hydrogen) atoms. The zero-order chi connectivity index (χ0) is 34.5. The van der Waals surface area contributed by atoms with Gasteiger partial charge in [-0.15, -0.1) is 0 Å². The van der Waals surface area contributed by atoms with Crippen LogP contribution in [-0.4, -0.2) is 61.7 Å². The van der Waals surface area contributed by atoms with Gasteiger partial charge < -0.3 is 20.7 Å². The second-order valence-corrected chi connectivity index (χ2v) is 12.0. The topological polar surface area (TPSA) is 128 Å². The summed E-state index contributed by atoms with van der Waals surface area (Å²) in [4.78, 5) is 40.5. The third kappa shape index (κ3) is 5.87. The summed E-state index contributed by atoms with van der Waals surface area (Å²) < 4.78 is 90.7. The average Bonchev–Trinajstić information content (AvgIpc) is 3.77. The molecular formula is C32H31F6N7O3. The van der Waals surface area contributed by atoms with Gasteiger partial charge in [0, 0.05) is 42.7 Å². The number of nitrogens with one attached hydrogen (secondary N) is 1. The number of fused-ring (bicyclic) bond motifs is 1. The number of carbonyl (C=O) groups excluding carboxylic acids is 2. The van der Waals surface area contributed by atoms with Crippen LogP contribution in [0.25, 0.3) is 16.8 Å². The third-order valence-electron chi connectivity index (χ3n) is 8.93. The SMILES string of the molecule is CCOc1cc(C(=O)Nc2cc(C(F)(F)F)ccn2)cc(F)c1-c1nc([C@@H]2CC[C@@H](C)N(C(=O)C3(C(F)F)CC3)C2)n2ccnc(N)c12. The molecule has 1 aliphatic carbocycles. The highest BCUT2D eigenvalue weighted by Crippen LogP contribution is 2.53. The smallest absolute Gasteiger partial charge is 0.416 e. The Balaban J connectivity index is 1.38. The summed E-state index contributed by atoms with van der Waals surface area (Å²) in [6.07, 6.45) is -2.23. The maximum absolute atomic E-state index is 16.1. The van der Waals surface area contributed by atoms with Crippen molar-refractivity contribution in [3.63, 3.8) is 0 Å².